The Morgan fingerprint density at radius 3 is 3.07 bits per heavy atom. The van der Waals surface area contributed by atoms with Gasteiger partial charge in [-0.3, -0.25) is 20.4 Å². The van der Waals surface area contributed by atoms with Crippen molar-refractivity contribution in [1.29, 1.82) is 0 Å². The van der Waals surface area contributed by atoms with Gasteiger partial charge in [0.1, 0.15) is 6.34 Å². The zero-order valence-electron chi connectivity index (χ0n) is 7.92. The van der Waals surface area contributed by atoms with E-state index in [4.69, 9.17) is 5.11 Å². The lowest BCUT2D eigenvalue weighted by Crippen LogP contribution is -2.42. The first-order valence-electron chi connectivity index (χ1n) is 4.48. The fourth-order valence-electron chi connectivity index (χ4n) is 1.29. The largest absolute Gasteiger partial charge is 0.478 e. The molecule has 1 aromatic heterocycles. The predicted molar refractivity (Wildman–Crippen MR) is 55.0 cm³/mol. The van der Waals surface area contributed by atoms with Crippen molar-refractivity contribution in [3.63, 3.8) is 0 Å². The second-order valence-electron chi connectivity index (χ2n) is 3.05. The molecule has 1 aliphatic heterocycles. The van der Waals surface area contributed by atoms with Crippen LogP contribution in [-0.2, 0) is 0 Å². The van der Waals surface area contributed by atoms with Crippen LogP contribution in [0.3, 0.4) is 0 Å². The van der Waals surface area contributed by atoms with E-state index >= 15 is 0 Å². The molecule has 2 heterocycles. The second kappa shape index (κ2) is 3.95. The topological polar surface area (TPSA) is 77.8 Å². The summed E-state index contributed by atoms with van der Waals surface area (Å²) in [7, 11) is 0. The Balaban J connectivity index is 2.24. The van der Waals surface area contributed by atoms with Gasteiger partial charge >= 0.3 is 5.97 Å². The van der Waals surface area contributed by atoms with E-state index < -0.39 is 5.97 Å². The number of aliphatic imine (C=N–C) groups is 1. The molecule has 6 heteroatoms. The molecule has 78 valence electrons. The maximum absolute atomic E-state index is 10.7. The summed E-state index contributed by atoms with van der Waals surface area (Å²) in [6, 6.07) is 1.57. The molecule has 0 amide bonds. The molecule has 1 aliphatic rings. The monoisotopic (exact) mass is 206 g/mol. The van der Waals surface area contributed by atoms with Crippen molar-refractivity contribution in [2.75, 3.05) is 18.1 Å². The van der Waals surface area contributed by atoms with Crippen LogP contribution < -0.4 is 10.4 Å². The summed E-state index contributed by atoms with van der Waals surface area (Å²) in [4.78, 5) is 18.6. The standard InChI is InChI=1S/C9H10N4O2/c14-9(15)7-3-8(5-11-4-7)13-2-1-10-6-12-13/h3-6H,1-2H2,(H,10,12)(H,14,15). The minimum atomic E-state index is -0.977. The number of hydrazine groups is 1. The van der Waals surface area contributed by atoms with Crippen LogP contribution in [0.1, 0.15) is 10.4 Å². The molecule has 0 radical (unpaired) electrons. The quantitative estimate of drug-likeness (QED) is 0.719. The zero-order valence-corrected chi connectivity index (χ0v) is 7.92. The highest BCUT2D eigenvalue weighted by Crippen LogP contribution is 2.13. The van der Waals surface area contributed by atoms with Crippen molar-refractivity contribution < 1.29 is 9.90 Å². The Kier molecular flexibility index (Phi) is 2.49. The van der Waals surface area contributed by atoms with E-state index in [0.29, 0.717) is 13.1 Å². The van der Waals surface area contributed by atoms with Gasteiger partial charge < -0.3 is 5.11 Å². The highest BCUT2D eigenvalue weighted by Gasteiger charge is 2.10. The number of nitrogens with one attached hydrogen (secondary N) is 1. The van der Waals surface area contributed by atoms with Gasteiger partial charge in [0, 0.05) is 6.20 Å². The van der Waals surface area contributed by atoms with Crippen LogP contribution in [0.2, 0.25) is 0 Å². The molecule has 2 rings (SSSR count). The van der Waals surface area contributed by atoms with Gasteiger partial charge in [0.25, 0.3) is 0 Å². The minimum absolute atomic E-state index is 0.178. The number of hydrogen-bond acceptors (Lipinski definition) is 5. The Morgan fingerprint density at radius 1 is 1.53 bits per heavy atom. The smallest absolute Gasteiger partial charge is 0.337 e. The Bertz CT molecular complexity index is 405. The van der Waals surface area contributed by atoms with Gasteiger partial charge in [-0.2, -0.15) is 0 Å². The molecule has 6 nitrogen and oxygen atoms in total. The lowest BCUT2D eigenvalue weighted by atomic mass is 10.2. The van der Waals surface area contributed by atoms with Crippen molar-refractivity contribution in [1.82, 2.24) is 10.4 Å². The van der Waals surface area contributed by atoms with Crippen LogP contribution >= 0.6 is 0 Å². The minimum Gasteiger partial charge on any atom is -0.478 e. The van der Waals surface area contributed by atoms with Crippen LogP contribution in [0.25, 0.3) is 0 Å². The molecule has 0 aromatic carbocycles. The Morgan fingerprint density at radius 2 is 2.40 bits per heavy atom. The molecule has 0 unspecified atom stereocenters. The maximum atomic E-state index is 10.7. The van der Waals surface area contributed by atoms with Gasteiger partial charge in [0.15, 0.2) is 0 Å². The normalized spacial score (nSPS) is 14.8. The van der Waals surface area contributed by atoms with Gasteiger partial charge in [0.05, 0.1) is 30.5 Å². The number of carboxylic acid groups (broad SMARTS) is 1. The molecular weight excluding hydrogens is 196 g/mol. The molecule has 0 aliphatic carbocycles. The molecule has 0 atom stereocenters. The van der Waals surface area contributed by atoms with E-state index in [1.165, 1.54) is 6.20 Å². The highest BCUT2D eigenvalue weighted by molar-refractivity contribution is 5.88. The van der Waals surface area contributed by atoms with E-state index in [0.717, 1.165) is 5.69 Å². The van der Waals surface area contributed by atoms with E-state index in [1.807, 2.05) is 0 Å². The summed E-state index contributed by atoms with van der Waals surface area (Å²) in [5, 5.41) is 10.6. The average molecular weight is 206 g/mol. The number of carbonyl (C=O) groups is 1. The molecule has 15 heavy (non-hydrogen) atoms. The average Bonchev–Trinajstić information content (AvgIpc) is 2.30. The fraction of sp³-hybridized carbons (Fsp3) is 0.222. The summed E-state index contributed by atoms with van der Waals surface area (Å²) < 4.78 is 0. The van der Waals surface area contributed by atoms with E-state index in [-0.39, 0.29) is 5.56 Å². The van der Waals surface area contributed by atoms with Crippen molar-refractivity contribution in [3.05, 3.63) is 24.0 Å². The number of carboxylic acids is 1. The lowest BCUT2D eigenvalue weighted by molar-refractivity contribution is 0.0696. The number of nitrogens with zero attached hydrogens (tertiary/aromatic N) is 3. The number of anilines is 1. The zero-order chi connectivity index (χ0) is 10.7. The predicted octanol–water partition coefficient (Wildman–Crippen LogP) is 0.133. The van der Waals surface area contributed by atoms with Crippen molar-refractivity contribution in [2.24, 2.45) is 4.99 Å². The molecular formula is C9H10N4O2. The van der Waals surface area contributed by atoms with Gasteiger partial charge in [-0.05, 0) is 6.07 Å². The van der Waals surface area contributed by atoms with Crippen LogP contribution in [0.4, 0.5) is 5.69 Å². The van der Waals surface area contributed by atoms with Crippen molar-refractivity contribution in [2.45, 2.75) is 0 Å². The molecule has 0 bridgehead atoms. The Labute approximate surface area is 86.2 Å². The first-order valence-corrected chi connectivity index (χ1v) is 4.48. The number of aromatic carboxylic acids is 1. The summed E-state index contributed by atoms with van der Waals surface area (Å²) in [6.07, 6.45) is 4.51. The summed E-state index contributed by atoms with van der Waals surface area (Å²) in [5.74, 6) is -0.977. The SMILES string of the molecule is O=C(O)c1cncc(N2CCN=CN2)c1. The van der Waals surface area contributed by atoms with Crippen molar-refractivity contribution >= 4 is 18.0 Å². The highest BCUT2D eigenvalue weighted by atomic mass is 16.4. The number of aromatic nitrogens is 1. The fourth-order valence-corrected chi connectivity index (χ4v) is 1.29. The number of rotatable bonds is 2. The molecule has 0 saturated heterocycles. The molecule has 1 aromatic rings. The molecule has 0 spiro atoms. The Hall–Kier alpha value is -2.11. The molecule has 0 saturated carbocycles. The first kappa shape index (κ1) is 9.45. The van der Waals surface area contributed by atoms with E-state index in [2.05, 4.69) is 15.4 Å². The second-order valence-corrected chi connectivity index (χ2v) is 3.05. The van der Waals surface area contributed by atoms with Gasteiger partial charge in [-0.15, -0.1) is 0 Å². The van der Waals surface area contributed by atoms with Gasteiger partial charge in [-0.25, -0.2) is 4.79 Å². The van der Waals surface area contributed by atoms with Gasteiger partial charge in [-0.1, -0.05) is 0 Å². The maximum Gasteiger partial charge on any atom is 0.337 e. The first-order chi connectivity index (χ1) is 7.27. The number of hydrogen-bond donors (Lipinski definition) is 2. The van der Waals surface area contributed by atoms with Gasteiger partial charge in [0.2, 0.25) is 0 Å². The summed E-state index contributed by atoms with van der Waals surface area (Å²) in [6.45, 7) is 1.38. The lowest BCUT2D eigenvalue weighted by Gasteiger charge is -2.25. The third-order valence-corrected chi connectivity index (χ3v) is 2.04. The number of pyridine rings is 1. The van der Waals surface area contributed by atoms with Crippen LogP contribution in [-0.4, -0.2) is 35.5 Å². The molecule has 2 N–H and O–H groups in total. The summed E-state index contributed by atoms with van der Waals surface area (Å²) >= 11 is 0. The van der Waals surface area contributed by atoms with Crippen LogP contribution in [0.5, 0.6) is 0 Å². The van der Waals surface area contributed by atoms with E-state index in [9.17, 15) is 4.79 Å². The third-order valence-electron chi connectivity index (χ3n) is 2.04. The summed E-state index contributed by atoms with van der Waals surface area (Å²) in [5.41, 5.74) is 3.81. The van der Waals surface area contributed by atoms with Crippen LogP contribution in [0.15, 0.2) is 23.5 Å². The van der Waals surface area contributed by atoms with Crippen molar-refractivity contribution in [3.8, 4) is 0 Å². The molecule has 0 fully saturated rings. The third kappa shape index (κ3) is 2.04. The van der Waals surface area contributed by atoms with Crippen LogP contribution in [0, 0.1) is 0 Å². The van der Waals surface area contributed by atoms with E-state index in [1.54, 1.807) is 23.6 Å².